The number of carbonyl (C=O) groups is 1. The zero-order chi connectivity index (χ0) is 19.1. The Morgan fingerprint density at radius 2 is 1.85 bits per heavy atom. The molecule has 5 nitrogen and oxygen atoms in total. The molecule has 1 saturated heterocycles. The molecule has 0 saturated carbocycles. The van der Waals surface area contributed by atoms with Gasteiger partial charge in [-0.05, 0) is 48.0 Å². The topological polar surface area (TPSA) is 53.0 Å². The van der Waals surface area contributed by atoms with Crippen LogP contribution < -0.4 is 9.64 Å². The largest absolute Gasteiger partial charge is 0.508 e. The van der Waals surface area contributed by atoms with Crippen molar-refractivity contribution in [2.45, 2.75) is 0 Å². The van der Waals surface area contributed by atoms with Crippen LogP contribution in [0.2, 0.25) is 0 Å². The van der Waals surface area contributed by atoms with Gasteiger partial charge >= 0.3 is 0 Å². The summed E-state index contributed by atoms with van der Waals surface area (Å²) in [5.41, 5.74) is 1.99. The Hall–Kier alpha value is -3.21. The Morgan fingerprint density at radius 1 is 1.11 bits per heavy atom. The summed E-state index contributed by atoms with van der Waals surface area (Å²) in [5.74, 6) is 1.03. The minimum atomic E-state index is 0.0118. The van der Waals surface area contributed by atoms with Crippen molar-refractivity contribution in [2.24, 2.45) is 0 Å². The Labute approximate surface area is 159 Å². The van der Waals surface area contributed by atoms with E-state index in [-0.39, 0.29) is 11.7 Å². The van der Waals surface area contributed by atoms with Crippen molar-refractivity contribution in [2.75, 3.05) is 37.7 Å². The molecule has 0 spiro atoms. The van der Waals surface area contributed by atoms with E-state index in [4.69, 9.17) is 4.74 Å². The molecule has 1 aliphatic rings. The number of benzene rings is 2. The first-order chi connectivity index (χ1) is 13.2. The molecular weight excluding hydrogens is 340 g/mol. The highest BCUT2D eigenvalue weighted by Crippen LogP contribution is 2.20. The summed E-state index contributed by atoms with van der Waals surface area (Å²) in [6.45, 7) is 6.98. The second-order valence-electron chi connectivity index (χ2n) is 6.33. The van der Waals surface area contributed by atoms with Crippen LogP contribution in [-0.4, -0.2) is 48.7 Å². The van der Waals surface area contributed by atoms with Crippen molar-refractivity contribution < 1.29 is 14.6 Å². The molecule has 0 atom stereocenters. The van der Waals surface area contributed by atoms with Crippen LogP contribution in [0.25, 0.3) is 6.08 Å². The molecule has 2 aromatic rings. The predicted octanol–water partition coefficient (Wildman–Crippen LogP) is 3.32. The third-order valence-corrected chi connectivity index (χ3v) is 4.45. The summed E-state index contributed by atoms with van der Waals surface area (Å²) in [4.78, 5) is 16.5. The Balaban J connectivity index is 1.54. The first-order valence-electron chi connectivity index (χ1n) is 9.00. The smallest absolute Gasteiger partial charge is 0.246 e. The molecule has 1 heterocycles. The molecule has 140 valence electrons. The molecule has 1 aliphatic heterocycles. The monoisotopic (exact) mass is 364 g/mol. The molecule has 1 amide bonds. The number of rotatable bonds is 6. The van der Waals surface area contributed by atoms with Crippen molar-refractivity contribution in [3.8, 4) is 11.5 Å². The predicted molar refractivity (Wildman–Crippen MR) is 108 cm³/mol. The average molecular weight is 364 g/mol. The lowest BCUT2D eigenvalue weighted by Gasteiger charge is -2.35. The maximum absolute atomic E-state index is 12.5. The molecule has 2 aromatic carbocycles. The number of piperazine rings is 1. The number of hydrogen-bond acceptors (Lipinski definition) is 4. The minimum Gasteiger partial charge on any atom is -0.508 e. The van der Waals surface area contributed by atoms with Gasteiger partial charge in [0.25, 0.3) is 0 Å². The highest BCUT2D eigenvalue weighted by Gasteiger charge is 2.19. The SMILES string of the molecule is C=CCOc1cccc(/C=C/C(=O)N2CCN(c3ccc(O)cc3)CC2)c1. The van der Waals surface area contributed by atoms with E-state index in [0.717, 1.165) is 30.1 Å². The van der Waals surface area contributed by atoms with Crippen LogP contribution in [0, 0.1) is 0 Å². The summed E-state index contributed by atoms with van der Waals surface area (Å²) in [6, 6.07) is 14.8. The number of amides is 1. The normalized spacial score (nSPS) is 14.4. The lowest BCUT2D eigenvalue weighted by molar-refractivity contribution is -0.126. The number of ether oxygens (including phenoxy) is 1. The van der Waals surface area contributed by atoms with Crippen LogP contribution in [-0.2, 0) is 4.79 Å². The van der Waals surface area contributed by atoms with Gasteiger partial charge in [0.2, 0.25) is 5.91 Å². The molecule has 5 heteroatoms. The second-order valence-corrected chi connectivity index (χ2v) is 6.33. The van der Waals surface area contributed by atoms with Crippen molar-refractivity contribution in [3.05, 3.63) is 72.8 Å². The molecule has 0 aromatic heterocycles. The van der Waals surface area contributed by atoms with Crippen LogP contribution >= 0.6 is 0 Å². The lowest BCUT2D eigenvalue weighted by atomic mass is 10.2. The van der Waals surface area contributed by atoms with Crippen LogP contribution in [0.3, 0.4) is 0 Å². The molecule has 0 unspecified atom stereocenters. The first-order valence-corrected chi connectivity index (χ1v) is 9.00. The summed E-state index contributed by atoms with van der Waals surface area (Å²) >= 11 is 0. The van der Waals surface area contributed by atoms with Gasteiger partial charge in [-0.2, -0.15) is 0 Å². The highest BCUT2D eigenvalue weighted by atomic mass is 16.5. The molecule has 3 rings (SSSR count). The van der Waals surface area contributed by atoms with Crippen molar-refractivity contribution >= 4 is 17.7 Å². The van der Waals surface area contributed by atoms with Crippen LogP contribution in [0.5, 0.6) is 11.5 Å². The number of phenolic OH excluding ortho intramolecular Hbond substituents is 1. The van der Waals surface area contributed by atoms with E-state index in [2.05, 4.69) is 11.5 Å². The van der Waals surface area contributed by atoms with Gasteiger partial charge in [0, 0.05) is 37.9 Å². The lowest BCUT2D eigenvalue weighted by Crippen LogP contribution is -2.48. The molecule has 0 bridgehead atoms. The number of hydrogen-bond donors (Lipinski definition) is 1. The van der Waals surface area contributed by atoms with Crippen molar-refractivity contribution in [1.82, 2.24) is 4.90 Å². The number of carbonyl (C=O) groups excluding carboxylic acids is 1. The van der Waals surface area contributed by atoms with Gasteiger partial charge in [0.1, 0.15) is 18.1 Å². The molecule has 1 fully saturated rings. The van der Waals surface area contributed by atoms with Crippen LogP contribution in [0.4, 0.5) is 5.69 Å². The molecule has 0 aliphatic carbocycles. The van der Waals surface area contributed by atoms with Crippen molar-refractivity contribution in [1.29, 1.82) is 0 Å². The first kappa shape index (κ1) is 18.6. The number of anilines is 1. The quantitative estimate of drug-likeness (QED) is 0.631. The third kappa shape index (κ3) is 5.14. The Kier molecular flexibility index (Phi) is 6.15. The summed E-state index contributed by atoms with van der Waals surface area (Å²) in [5, 5.41) is 9.39. The molecule has 1 N–H and O–H groups in total. The highest BCUT2D eigenvalue weighted by molar-refractivity contribution is 5.92. The van der Waals surface area contributed by atoms with E-state index in [1.54, 1.807) is 24.3 Å². The van der Waals surface area contributed by atoms with Gasteiger partial charge in [-0.1, -0.05) is 24.8 Å². The van der Waals surface area contributed by atoms with Gasteiger partial charge in [-0.3, -0.25) is 4.79 Å². The van der Waals surface area contributed by atoms with Gasteiger partial charge in [0.05, 0.1) is 0 Å². The summed E-state index contributed by atoms with van der Waals surface area (Å²) < 4.78 is 5.51. The van der Waals surface area contributed by atoms with E-state index < -0.39 is 0 Å². The van der Waals surface area contributed by atoms with Crippen molar-refractivity contribution in [3.63, 3.8) is 0 Å². The van der Waals surface area contributed by atoms with E-state index in [1.165, 1.54) is 0 Å². The fraction of sp³-hybridized carbons (Fsp3) is 0.227. The number of nitrogens with zero attached hydrogens (tertiary/aromatic N) is 2. The fourth-order valence-electron chi connectivity index (χ4n) is 2.98. The molecular formula is C22H24N2O3. The second kappa shape index (κ2) is 8.94. The Bertz CT molecular complexity index is 807. The average Bonchev–Trinajstić information content (AvgIpc) is 2.71. The minimum absolute atomic E-state index is 0.0118. The van der Waals surface area contributed by atoms with E-state index in [0.29, 0.717) is 19.7 Å². The maximum atomic E-state index is 12.5. The zero-order valence-electron chi connectivity index (χ0n) is 15.3. The zero-order valence-corrected chi connectivity index (χ0v) is 15.3. The van der Waals surface area contributed by atoms with Gasteiger partial charge in [0.15, 0.2) is 0 Å². The van der Waals surface area contributed by atoms with Gasteiger partial charge in [-0.15, -0.1) is 0 Å². The van der Waals surface area contributed by atoms with E-state index >= 15 is 0 Å². The summed E-state index contributed by atoms with van der Waals surface area (Å²) in [6.07, 6.45) is 5.13. The van der Waals surface area contributed by atoms with Crippen LogP contribution in [0.15, 0.2) is 67.3 Å². The maximum Gasteiger partial charge on any atom is 0.246 e. The van der Waals surface area contributed by atoms with Gasteiger partial charge < -0.3 is 19.6 Å². The van der Waals surface area contributed by atoms with E-state index in [1.807, 2.05) is 47.4 Å². The number of aromatic hydroxyl groups is 1. The fourth-order valence-corrected chi connectivity index (χ4v) is 2.98. The van der Waals surface area contributed by atoms with Gasteiger partial charge in [-0.25, -0.2) is 0 Å². The number of phenols is 1. The Morgan fingerprint density at radius 3 is 2.56 bits per heavy atom. The third-order valence-electron chi connectivity index (χ3n) is 4.45. The standard InChI is InChI=1S/C22H24N2O3/c1-2-16-27-21-5-3-4-18(17-21)6-11-22(26)24-14-12-23(13-15-24)19-7-9-20(25)10-8-19/h2-11,17,25H,1,12-16H2/b11-6+. The summed E-state index contributed by atoms with van der Waals surface area (Å²) in [7, 11) is 0. The molecule has 27 heavy (non-hydrogen) atoms. The van der Waals surface area contributed by atoms with E-state index in [9.17, 15) is 9.90 Å². The molecule has 0 radical (unpaired) electrons. The van der Waals surface area contributed by atoms with Crippen LogP contribution in [0.1, 0.15) is 5.56 Å².